The van der Waals surface area contributed by atoms with Crippen molar-refractivity contribution in [1.82, 2.24) is 0 Å². The number of benzene rings is 1. The molecule has 0 aliphatic carbocycles. The van der Waals surface area contributed by atoms with Crippen molar-refractivity contribution < 1.29 is 44.1 Å². The van der Waals surface area contributed by atoms with E-state index in [9.17, 15) is 19.1 Å². The smallest absolute Gasteiger partial charge is 1.00 e. The monoisotopic (exact) mass is 260 g/mol. The first kappa shape index (κ1) is 17.4. The topological polar surface area (TPSA) is 63.6 Å². The Morgan fingerprint density at radius 1 is 1.42 bits per heavy atom. The van der Waals surface area contributed by atoms with E-state index in [-0.39, 0.29) is 32.5 Å². The van der Waals surface area contributed by atoms with E-state index in [4.69, 9.17) is 0 Å². The molecule has 0 aromatic heterocycles. The van der Waals surface area contributed by atoms with Gasteiger partial charge in [0.15, 0.2) is 0 Å². The van der Waals surface area contributed by atoms with Crippen LogP contribution in [0.25, 0.3) is 5.76 Å². The molecule has 1 N–H and O–H groups in total. The number of aryl methyl sites for hydroxylation is 1. The molecule has 0 saturated heterocycles. The van der Waals surface area contributed by atoms with Crippen LogP contribution in [0.1, 0.15) is 19.5 Å². The van der Waals surface area contributed by atoms with Crippen molar-refractivity contribution in [2.75, 3.05) is 6.61 Å². The largest absolute Gasteiger partial charge is 1.00 e. The molecule has 0 spiro atoms. The molecule has 0 radical (unpaired) electrons. The third-order valence-corrected chi connectivity index (χ3v) is 2.08. The van der Waals surface area contributed by atoms with Crippen LogP contribution in [0.5, 0.6) is 0 Å². The van der Waals surface area contributed by atoms with E-state index in [2.05, 4.69) is 4.74 Å². The Kier molecular flexibility index (Phi) is 7.13. The molecule has 0 aliphatic heterocycles. The van der Waals surface area contributed by atoms with Crippen LogP contribution in [-0.2, 0) is 14.3 Å². The fourth-order valence-corrected chi connectivity index (χ4v) is 1.35. The first-order chi connectivity index (χ1) is 8.43. The number of rotatable bonds is 4. The Bertz CT molecular complexity index is 497. The SMILES string of the molecule is CCOC(=O)C(=O)C=C(O)c1cc(C)cc(F)c1.[H-].[Li+]. The van der Waals surface area contributed by atoms with Gasteiger partial charge in [-0.25, -0.2) is 9.18 Å². The van der Waals surface area contributed by atoms with E-state index in [1.807, 2.05) is 0 Å². The Labute approximate surface area is 123 Å². The first-order valence-electron chi connectivity index (χ1n) is 5.33. The van der Waals surface area contributed by atoms with Crippen molar-refractivity contribution in [1.29, 1.82) is 0 Å². The third-order valence-electron chi connectivity index (χ3n) is 2.08. The van der Waals surface area contributed by atoms with E-state index in [1.54, 1.807) is 13.8 Å². The van der Waals surface area contributed by atoms with Crippen LogP contribution in [0.3, 0.4) is 0 Å². The fourth-order valence-electron chi connectivity index (χ4n) is 1.35. The maximum atomic E-state index is 13.1. The zero-order valence-electron chi connectivity index (χ0n) is 12.1. The van der Waals surface area contributed by atoms with Gasteiger partial charge in [-0.1, -0.05) is 0 Å². The van der Waals surface area contributed by atoms with Crippen LogP contribution in [0, 0.1) is 12.7 Å². The summed E-state index contributed by atoms with van der Waals surface area (Å²) in [5, 5.41) is 9.62. The summed E-state index contributed by atoms with van der Waals surface area (Å²) in [5.74, 6) is -3.06. The summed E-state index contributed by atoms with van der Waals surface area (Å²) in [6, 6.07) is 3.84. The van der Waals surface area contributed by atoms with Gasteiger partial charge in [0.05, 0.1) is 6.61 Å². The van der Waals surface area contributed by atoms with Crippen LogP contribution in [-0.4, -0.2) is 23.5 Å². The van der Waals surface area contributed by atoms with Gasteiger partial charge in [-0.15, -0.1) is 0 Å². The molecule has 0 atom stereocenters. The molecule has 1 rings (SSSR count). The summed E-state index contributed by atoms with van der Waals surface area (Å²) in [6.45, 7) is 3.27. The van der Waals surface area contributed by atoms with Gasteiger partial charge < -0.3 is 11.3 Å². The predicted octanol–water partition coefficient (Wildman–Crippen LogP) is -0.718. The molecule has 1 aromatic carbocycles. The van der Waals surface area contributed by atoms with Gasteiger partial charge >= 0.3 is 24.8 Å². The molecular formula is C13H14FLiO4. The minimum absolute atomic E-state index is 0. The number of aliphatic hydroxyl groups excluding tert-OH is 1. The number of hydrogen-bond acceptors (Lipinski definition) is 4. The molecule has 0 aliphatic rings. The summed E-state index contributed by atoms with van der Waals surface area (Å²) in [4.78, 5) is 22.3. The standard InChI is InChI=1S/C13H13FO4.Li.H/c1-3-18-13(17)12(16)7-11(15)9-4-8(2)5-10(14)6-9;;/h4-7,15H,3H2,1-2H3;;/q;+1;-1. The Balaban J connectivity index is 0. The fraction of sp³-hybridized carbons (Fsp3) is 0.231. The summed E-state index contributed by atoms with van der Waals surface area (Å²) in [7, 11) is 0. The molecule has 0 saturated carbocycles. The van der Waals surface area contributed by atoms with Crippen LogP contribution >= 0.6 is 0 Å². The van der Waals surface area contributed by atoms with Gasteiger partial charge in [-0.3, -0.25) is 4.79 Å². The minimum atomic E-state index is -1.06. The zero-order chi connectivity index (χ0) is 13.7. The number of carbonyl (C=O) groups excluding carboxylic acids is 2. The van der Waals surface area contributed by atoms with E-state index >= 15 is 0 Å². The molecular weight excluding hydrogens is 246 g/mol. The van der Waals surface area contributed by atoms with Crippen molar-refractivity contribution in [2.24, 2.45) is 0 Å². The molecule has 6 heteroatoms. The van der Waals surface area contributed by atoms with Crippen LogP contribution < -0.4 is 18.9 Å². The van der Waals surface area contributed by atoms with Gasteiger partial charge in [0.1, 0.15) is 11.6 Å². The number of aliphatic hydroxyl groups is 1. The van der Waals surface area contributed by atoms with Crippen molar-refractivity contribution in [3.63, 3.8) is 0 Å². The second-order valence-electron chi connectivity index (χ2n) is 3.63. The Hall–Kier alpha value is -1.57. The maximum absolute atomic E-state index is 13.1. The number of halogens is 1. The summed E-state index contributed by atoms with van der Waals surface area (Å²) >= 11 is 0. The number of hydrogen-bond donors (Lipinski definition) is 1. The number of esters is 1. The minimum Gasteiger partial charge on any atom is -1.00 e. The normalized spacial score (nSPS) is 10.6. The van der Waals surface area contributed by atoms with Gasteiger partial charge in [0, 0.05) is 11.6 Å². The van der Waals surface area contributed by atoms with Crippen LogP contribution in [0.2, 0.25) is 0 Å². The number of ketones is 1. The molecule has 0 heterocycles. The molecule has 98 valence electrons. The maximum Gasteiger partial charge on any atom is 1.00 e. The zero-order valence-corrected chi connectivity index (χ0v) is 11.1. The molecule has 0 unspecified atom stereocenters. The second-order valence-corrected chi connectivity index (χ2v) is 3.63. The Morgan fingerprint density at radius 2 is 2.05 bits per heavy atom. The van der Waals surface area contributed by atoms with E-state index < -0.39 is 23.3 Å². The third kappa shape index (κ3) is 5.29. The summed E-state index contributed by atoms with van der Waals surface area (Å²) < 4.78 is 17.6. The quantitative estimate of drug-likeness (QED) is 0.255. The molecule has 1 aromatic rings. The van der Waals surface area contributed by atoms with E-state index in [0.717, 1.165) is 6.07 Å². The van der Waals surface area contributed by atoms with Gasteiger partial charge in [0.2, 0.25) is 0 Å². The van der Waals surface area contributed by atoms with Gasteiger partial charge in [-0.2, -0.15) is 0 Å². The molecule has 0 amide bonds. The Morgan fingerprint density at radius 3 is 2.58 bits per heavy atom. The molecule has 19 heavy (non-hydrogen) atoms. The van der Waals surface area contributed by atoms with Crippen LogP contribution in [0.15, 0.2) is 24.3 Å². The molecule has 4 nitrogen and oxygen atoms in total. The molecule has 0 bridgehead atoms. The van der Waals surface area contributed by atoms with E-state index in [1.165, 1.54) is 12.1 Å². The number of ether oxygens (including phenoxy) is 1. The average molecular weight is 260 g/mol. The van der Waals surface area contributed by atoms with Gasteiger partial charge in [-0.05, 0) is 37.6 Å². The summed E-state index contributed by atoms with van der Waals surface area (Å²) in [6.07, 6.45) is 0.714. The summed E-state index contributed by atoms with van der Waals surface area (Å²) in [5.41, 5.74) is 0.721. The average Bonchev–Trinajstić information content (AvgIpc) is 2.27. The van der Waals surface area contributed by atoms with Crippen molar-refractivity contribution >= 4 is 17.5 Å². The van der Waals surface area contributed by atoms with Crippen LogP contribution in [0.4, 0.5) is 4.39 Å². The second kappa shape index (κ2) is 7.77. The number of carbonyl (C=O) groups is 2. The van der Waals surface area contributed by atoms with Gasteiger partial charge in [0.25, 0.3) is 5.78 Å². The molecule has 0 fully saturated rings. The van der Waals surface area contributed by atoms with Crippen molar-refractivity contribution in [3.05, 3.63) is 41.2 Å². The predicted molar refractivity (Wildman–Crippen MR) is 64.5 cm³/mol. The van der Waals surface area contributed by atoms with E-state index in [0.29, 0.717) is 11.6 Å². The first-order valence-corrected chi connectivity index (χ1v) is 5.33. The van der Waals surface area contributed by atoms with Crippen molar-refractivity contribution in [2.45, 2.75) is 13.8 Å². The van der Waals surface area contributed by atoms with Crippen molar-refractivity contribution in [3.8, 4) is 0 Å².